The molecule has 2 nitrogen and oxygen atoms in total. The number of halogens is 2. The first kappa shape index (κ1) is 11.7. The molecule has 4 heteroatoms. The Bertz CT molecular complexity index is 388. The summed E-state index contributed by atoms with van der Waals surface area (Å²) in [5.74, 6) is -1.07. The van der Waals surface area contributed by atoms with Crippen molar-refractivity contribution in [1.82, 2.24) is 0 Å². The van der Waals surface area contributed by atoms with Crippen molar-refractivity contribution in [2.75, 3.05) is 5.88 Å². The molecule has 0 saturated heterocycles. The molecule has 80 valence electrons. The van der Waals surface area contributed by atoms with E-state index in [1.165, 1.54) is 12.1 Å². The highest BCUT2D eigenvalue weighted by molar-refractivity contribution is 6.17. The molecule has 1 N–H and O–H groups in total. The van der Waals surface area contributed by atoms with Crippen molar-refractivity contribution in [2.24, 2.45) is 0 Å². The summed E-state index contributed by atoms with van der Waals surface area (Å²) in [4.78, 5) is 10.8. The number of allylic oxidation sites excluding steroid dienone is 1. The third-order valence-corrected chi connectivity index (χ3v) is 2.04. The van der Waals surface area contributed by atoms with Gasteiger partial charge in [-0.05, 0) is 30.2 Å². The van der Waals surface area contributed by atoms with Crippen LogP contribution in [0.25, 0.3) is 6.08 Å². The minimum absolute atomic E-state index is 0.0854. The van der Waals surface area contributed by atoms with Gasteiger partial charge in [-0.25, -0.2) is 9.18 Å². The van der Waals surface area contributed by atoms with Crippen LogP contribution in [-0.2, 0) is 0 Å². The van der Waals surface area contributed by atoms with Crippen LogP contribution in [0.5, 0.6) is 0 Å². The van der Waals surface area contributed by atoms with Crippen molar-refractivity contribution >= 4 is 23.6 Å². The van der Waals surface area contributed by atoms with Gasteiger partial charge in [0, 0.05) is 5.88 Å². The summed E-state index contributed by atoms with van der Waals surface area (Å²) in [5.41, 5.74) is 0.440. The van der Waals surface area contributed by atoms with E-state index in [9.17, 15) is 9.18 Å². The van der Waals surface area contributed by atoms with Gasteiger partial charge >= 0.3 is 5.97 Å². The maximum Gasteiger partial charge on any atom is 0.336 e. The third kappa shape index (κ3) is 3.36. The Morgan fingerprint density at radius 3 is 2.87 bits per heavy atom. The number of carbonyl (C=O) groups is 1. The van der Waals surface area contributed by atoms with Crippen molar-refractivity contribution in [1.29, 1.82) is 0 Å². The van der Waals surface area contributed by atoms with Crippen LogP contribution in [-0.4, -0.2) is 17.0 Å². The summed E-state index contributed by atoms with van der Waals surface area (Å²) in [6.45, 7) is 0. The Morgan fingerprint density at radius 1 is 1.53 bits per heavy atom. The van der Waals surface area contributed by atoms with Gasteiger partial charge in [0.25, 0.3) is 0 Å². The van der Waals surface area contributed by atoms with E-state index >= 15 is 0 Å². The van der Waals surface area contributed by atoms with Crippen LogP contribution in [0.4, 0.5) is 4.39 Å². The lowest BCUT2D eigenvalue weighted by Crippen LogP contribution is -1.99. The molecule has 0 unspecified atom stereocenters. The Morgan fingerprint density at radius 2 is 2.27 bits per heavy atom. The van der Waals surface area contributed by atoms with Gasteiger partial charge < -0.3 is 5.11 Å². The van der Waals surface area contributed by atoms with Crippen molar-refractivity contribution in [3.05, 3.63) is 41.2 Å². The van der Waals surface area contributed by atoms with Gasteiger partial charge in [0.15, 0.2) is 0 Å². The van der Waals surface area contributed by atoms with Gasteiger partial charge in [0.2, 0.25) is 0 Å². The molecule has 0 aliphatic heterocycles. The Labute approximate surface area is 92.0 Å². The fourth-order valence-electron chi connectivity index (χ4n) is 1.14. The zero-order chi connectivity index (χ0) is 11.3. The van der Waals surface area contributed by atoms with Crippen LogP contribution in [0.3, 0.4) is 0 Å². The summed E-state index contributed by atoms with van der Waals surface area (Å²) in [6, 6.07) is 3.56. The summed E-state index contributed by atoms with van der Waals surface area (Å²) < 4.78 is 12.9. The van der Waals surface area contributed by atoms with Crippen LogP contribution in [0, 0.1) is 5.82 Å². The number of hydrogen-bond acceptors (Lipinski definition) is 1. The molecule has 15 heavy (non-hydrogen) atoms. The van der Waals surface area contributed by atoms with E-state index < -0.39 is 11.8 Å². The molecule has 1 rings (SSSR count). The number of benzene rings is 1. The second-order valence-electron chi connectivity index (χ2n) is 2.92. The second kappa shape index (κ2) is 5.51. The average Bonchev–Trinajstić information content (AvgIpc) is 2.18. The molecular weight excluding hydrogens is 219 g/mol. The molecule has 1 aromatic carbocycles. The minimum atomic E-state index is -1.07. The molecule has 0 atom stereocenters. The largest absolute Gasteiger partial charge is 0.478 e. The number of alkyl halides is 1. The standard InChI is InChI=1S/C11H10ClFO2/c12-6-2-1-3-8-7-9(13)4-5-10(8)11(14)15/h1,3-5,7H,2,6H2,(H,14,15). The molecule has 1 aromatic rings. The van der Waals surface area contributed by atoms with E-state index in [1.807, 2.05) is 0 Å². The van der Waals surface area contributed by atoms with Crippen LogP contribution >= 0.6 is 11.6 Å². The highest BCUT2D eigenvalue weighted by Gasteiger charge is 2.08. The van der Waals surface area contributed by atoms with Crippen molar-refractivity contribution in [3.63, 3.8) is 0 Å². The van der Waals surface area contributed by atoms with E-state index in [-0.39, 0.29) is 5.56 Å². The van der Waals surface area contributed by atoms with Crippen molar-refractivity contribution in [3.8, 4) is 0 Å². The molecule has 0 aliphatic rings. The van der Waals surface area contributed by atoms with Gasteiger partial charge in [-0.1, -0.05) is 12.2 Å². The fraction of sp³-hybridized carbons (Fsp3) is 0.182. The first-order valence-electron chi connectivity index (χ1n) is 4.40. The van der Waals surface area contributed by atoms with Crippen molar-refractivity contribution < 1.29 is 14.3 Å². The molecule has 0 bridgehead atoms. The molecule has 0 heterocycles. The average molecular weight is 229 g/mol. The topological polar surface area (TPSA) is 37.3 Å². The highest BCUT2D eigenvalue weighted by Crippen LogP contribution is 2.13. The lowest BCUT2D eigenvalue weighted by Gasteiger charge is -2.00. The summed E-state index contributed by atoms with van der Waals surface area (Å²) in [7, 11) is 0. The SMILES string of the molecule is O=C(O)c1ccc(F)cc1C=CCCCl. The van der Waals surface area contributed by atoms with Gasteiger partial charge in [-0.2, -0.15) is 0 Å². The first-order chi connectivity index (χ1) is 7.15. The number of carboxylic acid groups (broad SMARTS) is 1. The maximum atomic E-state index is 12.9. The first-order valence-corrected chi connectivity index (χ1v) is 4.94. The predicted octanol–water partition coefficient (Wildman–Crippen LogP) is 3.17. The third-order valence-electron chi connectivity index (χ3n) is 1.82. The van der Waals surface area contributed by atoms with E-state index in [4.69, 9.17) is 16.7 Å². The van der Waals surface area contributed by atoms with Gasteiger partial charge in [0.1, 0.15) is 5.82 Å². The van der Waals surface area contributed by atoms with Crippen LogP contribution in [0.1, 0.15) is 22.3 Å². The van der Waals surface area contributed by atoms with Crippen molar-refractivity contribution in [2.45, 2.75) is 6.42 Å². The molecule has 0 amide bonds. The number of carboxylic acids is 1. The molecule has 0 aromatic heterocycles. The number of rotatable bonds is 4. The molecule has 0 saturated carbocycles. The number of hydrogen-bond donors (Lipinski definition) is 1. The normalized spacial score (nSPS) is 10.8. The van der Waals surface area contributed by atoms with Crippen LogP contribution in [0.15, 0.2) is 24.3 Å². The smallest absolute Gasteiger partial charge is 0.336 e. The Kier molecular flexibility index (Phi) is 4.31. The minimum Gasteiger partial charge on any atom is -0.478 e. The fourth-order valence-corrected chi connectivity index (χ4v) is 1.27. The van der Waals surface area contributed by atoms with E-state index in [1.54, 1.807) is 12.2 Å². The predicted molar refractivity (Wildman–Crippen MR) is 57.7 cm³/mol. The summed E-state index contributed by atoms with van der Waals surface area (Å²) in [5, 5.41) is 8.83. The zero-order valence-electron chi connectivity index (χ0n) is 7.91. The van der Waals surface area contributed by atoms with E-state index in [0.717, 1.165) is 6.07 Å². The van der Waals surface area contributed by atoms with E-state index in [0.29, 0.717) is 17.9 Å². The second-order valence-corrected chi connectivity index (χ2v) is 3.29. The molecular formula is C11H10ClFO2. The summed E-state index contributed by atoms with van der Waals surface area (Å²) >= 11 is 5.46. The Balaban J connectivity index is 3.02. The zero-order valence-corrected chi connectivity index (χ0v) is 8.67. The molecule has 0 aliphatic carbocycles. The quantitative estimate of drug-likeness (QED) is 0.804. The highest BCUT2D eigenvalue weighted by atomic mass is 35.5. The molecule has 0 spiro atoms. The van der Waals surface area contributed by atoms with E-state index in [2.05, 4.69) is 0 Å². The monoisotopic (exact) mass is 228 g/mol. The van der Waals surface area contributed by atoms with Crippen LogP contribution < -0.4 is 0 Å². The lowest BCUT2D eigenvalue weighted by molar-refractivity contribution is 0.0696. The van der Waals surface area contributed by atoms with Gasteiger partial charge in [0.05, 0.1) is 5.56 Å². The lowest BCUT2D eigenvalue weighted by atomic mass is 10.1. The van der Waals surface area contributed by atoms with Gasteiger partial charge in [-0.15, -0.1) is 11.6 Å². The number of aromatic carboxylic acids is 1. The Hall–Kier alpha value is -1.35. The maximum absolute atomic E-state index is 12.9. The van der Waals surface area contributed by atoms with Crippen LogP contribution in [0.2, 0.25) is 0 Å². The molecule has 0 radical (unpaired) electrons. The molecule has 0 fully saturated rings. The summed E-state index contributed by atoms with van der Waals surface area (Å²) in [6.07, 6.45) is 3.90. The van der Waals surface area contributed by atoms with Gasteiger partial charge in [-0.3, -0.25) is 0 Å².